The van der Waals surface area contributed by atoms with E-state index in [1.165, 1.54) is 24.3 Å². The highest BCUT2D eigenvalue weighted by Crippen LogP contribution is 2.38. The number of nitrogens with zero attached hydrogens (tertiary/aromatic N) is 2. The quantitative estimate of drug-likeness (QED) is 0.186. The average Bonchev–Trinajstić information content (AvgIpc) is 2.92. The normalized spacial score (nSPS) is 11.2. The number of nitriles is 1. The van der Waals surface area contributed by atoms with Gasteiger partial charge in [0.15, 0.2) is 0 Å². The van der Waals surface area contributed by atoms with Crippen molar-refractivity contribution in [1.29, 1.82) is 5.26 Å². The van der Waals surface area contributed by atoms with Crippen molar-refractivity contribution in [3.8, 4) is 23.1 Å². The largest absolute Gasteiger partial charge is 0.493 e. The van der Waals surface area contributed by atoms with Crippen molar-refractivity contribution in [2.45, 2.75) is 45.3 Å². The first-order valence-electron chi connectivity index (χ1n) is 12.9. The van der Waals surface area contributed by atoms with Crippen molar-refractivity contribution in [2.24, 2.45) is 5.92 Å². The molecule has 7 nitrogen and oxygen atoms in total. The van der Waals surface area contributed by atoms with E-state index in [1.807, 2.05) is 0 Å². The second-order valence-electron chi connectivity index (χ2n) is 9.49. The number of rotatable bonds is 11. The van der Waals surface area contributed by atoms with Crippen LogP contribution in [0.4, 0.5) is 18.9 Å². The number of nitrogens with one attached hydrogen (secondary N) is 1. The van der Waals surface area contributed by atoms with Crippen molar-refractivity contribution in [1.82, 2.24) is 4.98 Å². The number of anilines is 1. The first-order chi connectivity index (χ1) is 19.4. The average molecular weight is 586 g/mol. The zero-order valence-electron chi connectivity index (χ0n) is 23.1. The molecule has 0 atom stereocenters. The number of thioether (sulfide) groups is 1. The fourth-order valence-electron chi connectivity index (χ4n) is 3.72. The van der Waals surface area contributed by atoms with Crippen molar-refractivity contribution in [3.05, 3.63) is 70.8 Å². The molecule has 3 aromatic rings. The molecule has 0 spiro atoms. The lowest BCUT2D eigenvalue weighted by molar-refractivity contribution is -0.138. The molecule has 0 aliphatic rings. The molecule has 41 heavy (non-hydrogen) atoms. The maximum atomic E-state index is 14.0. The molecule has 1 amide bonds. The third-order valence-electron chi connectivity index (χ3n) is 5.85. The Kier molecular flexibility index (Phi) is 10.8. The molecule has 3 rings (SSSR count). The number of ether oxygens (including phenoxy) is 2. The summed E-state index contributed by atoms with van der Waals surface area (Å²) in [5.41, 5.74) is 0.0819. The Labute approximate surface area is 241 Å². The number of aromatic nitrogens is 1. The van der Waals surface area contributed by atoms with Crippen LogP contribution in [-0.2, 0) is 15.7 Å². The van der Waals surface area contributed by atoms with E-state index in [9.17, 15) is 28.0 Å². The van der Waals surface area contributed by atoms with E-state index in [1.54, 1.807) is 38.1 Å². The summed E-state index contributed by atoms with van der Waals surface area (Å²) in [6.07, 6.45) is -3.95. The van der Waals surface area contributed by atoms with Crippen LogP contribution >= 0.6 is 11.8 Å². The monoisotopic (exact) mass is 585 g/mol. The second kappa shape index (κ2) is 14.0. The minimum atomic E-state index is -4.81. The Bertz CT molecular complexity index is 1430. The minimum absolute atomic E-state index is 0.0191. The van der Waals surface area contributed by atoms with Gasteiger partial charge in [-0.15, -0.1) is 0 Å². The number of hydrogen-bond acceptors (Lipinski definition) is 7. The molecule has 0 fully saturated rings. The summed E-state index contributed by atoms with van der Waals surface area (Å²) < 4.78 is 52.6. The molecule has 0 radical (unpaired) electrons. The molecule has 0 aliphatic heterocycles. The van der Waals surface area contributed by atoms with E-state index in [0.717, 1.165) is 29.8 Å². The Balaban J connectivity index is 1.83. The van der Waals surface area contributed by atoms with Gasteiger partial charge in [-0.2, -0.15) is 18.4 Å². The van der Waals surface area contributed by atoms with Crippen LogP contribution in [-0.4, -0.2) is 35.8 Å². The maximum Gasteiger partial charge on any atom is 0.417 e. The van der Waals surface area contributed by atoms with Crippen LogP contribution in [0.2, 0.25) is 0 Å². The summed E-state index contributed by atoms with van der Waals surface area (Å²) in [6.45, 7) is 8.38. The number of benzene rings is 2. The summed E-state index contributed by atoms with van der Waals surface area (Å²) in [5, 5.41) is 12.0. The number of aryl methyl sites for hydroxylation is 1. The van der Waals surface area contributed by atoms with Crippen molar-refractivity contribution in [3.63, 3.8) is 0 Å². The number of esters is 1. The zero-order chi connectivity index (χ0) is 30.2. The smallest absolute Gasteiger partial charge is 0.417 e. The number of hydrogen-bond donors (Lipinski definition) is 1. The van der Waals surface area contributed by atoms with Gasteiger partial charge in [0.1, 0.15) is 16.8 Å². The van der Waals surface area contributed by atoms with Crippen LogP contribution in [0.1, 0.15) is 54.2 Å². The lowest BCUT2D eigenvalue weighted by Gasteiger charge is -2.15. The third-order valence-corrected chi connectivity index (χ3v) is 6.82. The molecule has 0 unspecified atom stereocenters. The molecule has 0 aliphatic carbocycles. The third kappa shape index (κ3) is 8.72. The summed E-state index contributed by atoms with van der Waals surface area (Å²) in [7, 11) is 0. The summed E-state index contributed by atoms with van der Waals surface area (Å²) >= 11 is 0.729. The van der Waals surface area contributed by atoms with Gasteiger partial charge in [0.05, 0.1) is 41.4 Å². The molecule has 2 aromatic carbocycles. The van der Waals surface area contributed by atoms with Gasteiger partial charge >= 0.3 is 12.1 Å². The Morgan fingerprint density at radius 2 is 1.83 bits per heavy atom. The molecular formula is C30H30F3N3O4S. The number of halogens is 3. The predicted octanol–water partition coefficient (Wildman–Crippen LogP) is 7.28. The maximum absolute atomic E-state index is 14.0. The zero-order valence-corrected chi connectivity index (χ0v) is 23.9. The molecule has 11 heteroatoms. The van der Waals surface area contributed by atoms with E-state index >= 15 is 0 Å². The van der Waals surface area contributed by atoms with Gasteiger partial charge in [-0.1, -0.05) is 25.6 Å². The van der Waals surface area contributed by atoms with E-state index in [4.69, 9.17) is 9.47 Å². The van der Waals surface area contributed by atoms with Gasteiger partial charge in [-0.25, -0.2) is 9.78 Å². The Hall–Kier alpha value is -4.04. The second-order valence-corrected chi connectivity index (χ2v) is 10.5. The van der Waals surface area contributed by atoms with Gasteiger partial charge in [0, 0.05) is 11.3 Å². The molecule has 0 bridgehead atoms. The van der Waals surface area contributed by atoms with Crippen LogP contribution < -0.4 is 10.1 Å². The lowest BCUT2D eigenvalue weighted by atomic mass is 10.0. The predicted molar refractivity (Wildman–Crippen MR) is 151 cm³/mol. The van der Waals surface area contributed by atoms with E-state index < -0.39 is 29.2 Å². The highest BCUT2D eigenvalue weighted by molar-refractivity contribution is 8.00. The first kappa shape index (κ1) is 31.5. The number of pyridine rings is 1. The number of carbonyl (C=O) groups is 2. The van der Waals surface area contributed by atoms with Gasteiger partial charge in [0.25, 0.3) is 0 Å². The summed E-state index contributed by atoms with van der Waals surface area (Å²) in [6, 6.07) is 13.4. The van der Waals surface area contributed by atoms with Gasteiger partial charge in [-0.3, -0.25) is 4.79 Å². The molecular weight excluding hydrogens is 555 g/mol. The van der Waals surface area contributed by atoms with E-state index in [-0.39, 0.29) is 23.1 Å². The van der Waals surface area contributed by atoms with Crippen LogP contribution in [0.15, 0.2) is 53.6 Å². The van der Waals surface area contributed by atoms with Crippen LogP contribution in [0.25, 0.3) is 11.3 Å². The molecule has 0 saturated carbocycles. The fraction of sp³-hybridized carbons (Fsp3) is 0.333. The topological polar surface area (TPSA) is 101 Å². The van der Waals surface area contributed by atoms with Crippen LogP contribution in [0.5, 0.6) is 5.75 Å². The Morgan fingerprint density at radius 1 is 1.12 bits per heavy atom. The molecule has 1 aromatic heterocycles. The highest BCUT2D eigenvalue weighted by Gasteiger charge is 2.36. The van der Waals surface area contributed by atoms with Crippen molar-refractivity contribution < 1.29 is 32.2 Å². The van der Waals surface area contributed by atoms with E-state index in [0.29, 0.717) is 35.1 Å². The minimum Gasteiger partial charge on any atom is -0.493 e. The van der Waals surface area contributed by atoms with Crippen molar-refractivity contribution >= 4 is 29.3 Å². The first-order valence-corrected chi connectivity index (χ1v) is 13.9. The van der Waals surface area contributed by atoms with Crippen LogP contribution in [0.3, 0.4) is 0 Å². The Morgan fingerprint density at radius 3 is 2.41 bits per heavy atom. The SMILES string of the molecule is CCOC(=O)c1ccc(NC(=O)CSc2nc(-c3ccc(OCCC(C)C)c(C)c3)cc(C(F)(F)F)c2C#N)cc1. The van der Waals surface area contributed by atoms with E-state index in [2.05, 4.69) is 24.1 Å². The van der Waals surface area contributed by atoms with Crippen LogP contribution in [0, 0.1) is 24.2 Å². The van der Waals surface area contributed by atoms with Gasteiger partial charge < -0.3 is 14.8 Å². The molecule has 216 valence electrons. The highest BCUT2D eigenvalue weighted by atomic mass is 32.2. The molecule has 1 N–H and O–H groups in total. The molecule has 0 saturated heterocycles. The lowest BCUT2D eigenvalue weighted by Crippen LogP contribution is -2.15. The summed E-state index contributed by atoms with van der Waals surface area (Å²) in [5.74, 6) is -0.236. The number of carbonyl (C=O) groups excluding carboxylic acids is 2. The number of alkyl halides is 3. The fourth-order valence-corrected chi connectivity index (χ4v) is 4.52. The molecule has 1 heterocycles. The summed E-state index contributed by atoms with van der Waals surface area (Å²) in [4.78, 5) is 28.7. The number of amides is 1. The van der Waals surface area contributed by atoms with Gasteiger partial charge in [0.2, 0.25) is 5.91 Å². The van der Waals surface area contributed by atoms with Gasteiger partial charge in [-0.05, 0) is 80.3 Å². The van der Waals surface area contributed by atoms with Crippen molar-refractivity contribution in [2.75, 3.05) is 24.3 Å². The standard InChI is InChI=1S/C30H30F3N3O4S/c1-5-39-29(38)20-6-9-22(10-7-20)35-27(37)17-41-28-23(16-34)24(30(31,32)33)15-25(36-28)21-8-11-26(19(4)14-21)40-13-12-18(2)3/h6-11,14-15,18H,5,12-13,17H2,1-4H3,(H,35,37).